The van der Waals surface area contributed by atoms with Gasteiger partial charge in [0.2, 0.25) is 0 Å². The highest BCUT2D eigenvalue weighted by Gasteiger charge is 2.32. The number of nitrogens with zero attached hydrogens (tertiary/aromatic N) is 2. The van der Waals surface area contributed by atoms with Crippen LogP contribution in [0, 0.1) is 0 Å². The molecular weight excluding hydrogens is 334 g/mol. The zero-order valence-electron chi connectivity index (χ0n) is 15.2. The average Bonchev–Trinajstić information content (AvgIpc) is 2.93. The van der Waals surface area contributed by atoms with Gasteiger partial charge in [0.1, 0.15) is 18.1 Å². The molecule has 138 valence electrons. The number of fused-ring (bicyclic) bond motifs is 2. The van der Waals surface area contributed by atoms with Crippen LogP contribution in [-0.4, -0.2) is 47.4 Å². The van der Waals surface area contributed by atoms with Gasteiger partial charge in [-0.15, -0.1) is 0 Å². The van der Waals surface area contributed by atoms with Gasteiger partial charge in [0.25, 0.3) is 5.91 Å². The minimum absolute atomic E-state index is 0.0686. The zero-order valence-corrected chi connectivity index (χ0v) is 15.2. The number of amides is 1. The van der Waals surface area contributed by atoms with Crippen LogP contribution in [-0.2, 0) is 17.7 Å². The Hall–Kier alpha value is -2.54. The van der Waals surface area contributed by atoms with Gasteiger partial charge in [0, 0.05) is 24.1 Å². The quantitative estimate of drug-likeness (QED) is 0.893. The van der Waals surface area contributed by atoms with Crippen LogP contribution in [0.1, 0.15) is 47.3 Å². The summed E-state index contributed by atoms with van der Waals surface area (Å²) in [6.07, 6.45) is 0.672. The topological polar surface area (TPSA) is 76.7 Å². The molecule has 0 aliphatic carbocycles. The summed E-state index contributed by atoms with van der Waals surface area (Å²) in [5, 5.41) is 7.31. The van der Waals surface area contributed by atoms with Crippen LogP contribution < -0.4 is 9.47 Å². The molecule has 0 saturated heterocycles. The lowest BCUT2D eigenvalue weighted by atomic mass is 9.99. The molecule has 0 spiro atoms. The summed E-state index contributed by atoms with van der Waals surface area (Å²) in [5.74, 6) is 1.46. The lowest BCUT2D eigenvalue weighted by Gasteiger charge is -2.26. The normalized spacial score (nSPS) is 22.0. The molecule has 0 radical (unpaired) electrons. The third-order valence-electron chi connectivity index (χ3n) is 4.97. The Labute approximate surface area is 152 Å². The van der Waals surface area contributed by atoms with Crippen molar-refractivity contribution < 1.29 is 19.0 Å². The number of nitrogens with one attached hydrogen (secondary N) is 1. The SMILES string of the molecule is COc1ccc2c(c1)CN(C(=O)c1n[nH]c3c1C[C@H](C)O[C@@H]3C)CCO2. The summed E-state index contributed by atoms with van der Waals surface area (Å²) in [7, 11) is 1.63. The number of benzene rings is 1. The number of hydrogen-bond donors (Lipinski definition) is 1. The van der Waals surface area contributed by atoms with E-state index in [4.69, 9.17) is 14.2 Å². The minimum atomic E-state index is -0.0831. The molecule has 0 saturated carbocycles. The summed E-state index contributed by atoms with van der Waals surface area (Å²) in [5.41, 5.74) is 3.30. The largest absolute Gasteiger partial charge is 0.497 e. The predicted molar refractivity (Wildman–Crippen MR) is 94.5 cm³/mol. The van der Waals surface area contributed by atoms with Gasteiger partial charge in [-0.2, -0.15) is 5.10 Å². The van der Waals surface area contributed by atoms with E-state index in [0.717, 1.165) is 28.3 Å². The number of aromatic amines is 1. The first-order chi connectivity index (χ1) is 12.6. The van der Waals surface area contributed by atoms with Gasteiger partial charge >= 0.3 is 0 Å². The van der Waals surface area contributed by atoms with Crippen LogP contribution in [0.3, 0.4) is 0 Å². The van der Waals surface area contributed by atoms with Crippen molar-refractivity contribution in [1.82, 2.24) is 15.1 Å². The second-order valence-electron chi connectivity index (χ2n) is 6.81. The second kappa shape index (κ2) is 6.64. The van der Waals surface area contributed by atoms with Gasteiger partial charge in [-0.1, -0.05) is 0 Å². The van der Waals surface area contributed by atoms with Crippen molar-refractivity contribution in [2.24, 2.45) is 0 Å². The highest BCUT2D eigenvalue weighted by Crippen LogP contribution is 2.32. The zero-order chi connectivity index (χ0) is 18.3. The van der Waals surface area contributed by atoms with E-state index in [1.165, 1.54) is 0 Å². The molecule has 3 heterocycles. The maximum Gasteiger partial charge on any atom is 0.275 e. The average molecular weight is 357 g/mol. The van der Waals surface area contributed by atoms with E-state index in [0.29, 0.717) is 31.8 Å². The van der Waals surface area contributed by atoms with E-state index in [1.54, 1.807) is 12.0 Å². The van der Waals surface area contributed by atoms with Crippen molar-refractivity contribution in [3.05, 3.63) is 40.7 Å². The van der Waals surface area contributed by atoms with Crippen LogP contribution in [0.25, 0.3) is 0 Å². The molecule has 1 amide bonds. The van der Waals surface area contributed by atoms with Gasteiger partial charge in [-0.25, -0.2) is 0 Å². The van der Waals surface area contributed by atoms with E-state index >= 15 is 0 Å². The molecule has 2 aliphatic heterocycles. The molecule has 4 rings (SSSR count). The van der Waals surface area contributed by atoms with Crippen molar-refractivity contribution in [3.63, 3.8) is 0 Å². The van der Waals surface area contributed by atoms with Crippen LogP contribution in [0.4, 0.5) is 0 Å². The lowest BCUT2D eigenvalue weighted by Crippen LogP contribution is -2.34. The first kappa shape index (κ1) is 16.9. The summed E-state index contributed by atoms with van der Waals surface area (Å²) in [6.45, 7) is 5.42. The summed E-state index contributed by atoms with van der Waals surface area (Å²) < 4.78 is 16.9. The molecule has 7 nitrogen and oxygen atoms in total. The van der Waals surface area contributed by atoms with Crippen molar-refractivity contribution in [2.75, 3.05) is 20.3 Å². The molecular formula is C19H23N3O4. The first-order valence-corrected chi connectivity index (χ1v) is 8.88. The van der Waals surface area contributed by atoms with E-state index in [9.17, 15) is 4.79 Å². The van der Waals surface area contributed by atoms with E-state index in [-0.39, 0.29) is 18.1 Å². The Morgan fingerprint density at radius 1 is 1.38 bits per heavy atom. The number of carbonyl (C=O) groups is 1. The van der Waals surface area contributed by atoms with Gasteiger partial charge in [-0.05, 0) is 32.0 Å². The number of carbonyl (C=O) groups excluding carboxylic acids is 1. The van der Waals surface area contributed by atoms with E-state index < -0.39 is 0 Å². The van der Waals surface area contributed by atoms with Crippen molar-refractivity contribution in [1.29, 1.82) is 0 Å². The number of H-pyrrole nitrogens is 1. The van der Waals surface area contributed by atoms with E-state index in [2.05, 4.69) is 10.2 Å². The first-order valence-electron chi connectivity index (χ1n) is 8.88. The summed E-state index contributed by atoms with van der Waals surface area (Å²) in [4.78, 5) is 15.0. The molecule has 2 atom stereocenters. The molecule has 0 fully saturated rings. The molecule has 2 aromatic rings. The van der Waals surface area contributed by atoms with Crippen molar-refractivity contribution >= 4 is 5.91 Å². The number of hydrogen-bond acceptors (Lipinski definition) is 5. The monoisotopic (exact) mass is 357 g/mol. The van der Waals surface area contributed by atoms with Crippen LogP contribution in [0.15, 0.2) is 18.2 Å². The third-order valence-corrected chi connectivity index (χ3v) is 4.97. The fourth-order valence-corrected chi connectivity index (χ4v) is 3.67. The van der Waals surface area contributed by atoms with Crippen molar-refractivity contribution in [2.45, 2.75) is 39.0 Å². The standard InChI is InChI=1S/C19H23N3O4/c1-11-8-15-17(12(2)26-11)20-21-18(15)19(23)22-6-7-25-16-5-4-14(24-3)9-13(16)10-22/h4-5,9,11-12H,6-8,10H2,1-3H3,(H,20,21)/t11-,12+/m0/s1. The Kier molecular flexibility index (Phi) is 4.32. The maximum absolute atomic E-state index is 13.2. The Morgan fingerprint density at radius 3 is 3.04 bits per heavy atom. The summed E-state index contributed by atoms with van der Waals surface area (Å²) >= 11 is 0. The van der Waals surface area contributed by atoms with Gasteiger partial charge in [-0.3, -0.25) is 9.89 Å². The molecule has 0 bridgehead atoms. The molecule has 26 heavy (non-hydrogen) atoms. The smallest absolute Gasteiger partial charge is 0.275 e. The van der Waals surface area contributed by atoms with Crippen LogP contribution in [0.5, 0.6) is 11.5 Å². The van der Waals surface area contributed by atoms with Crippen LogP contribution >= 0.6 is 0 Å². The number of ether oxygens (including phenoxy) is 3. The molecule has 2 aliphatic rings. The second-order valence-corrected chi connectivity index (χ2v) is 6.81. The predicted octanol–water partition coefficient (Wildman–Crippen LogP) is 2.48. The molecule has 7 heteroatoms. The molecule has 1 N–H and O–H groups in total. The van der Waals surface area contributed by atoms with Crippen molar-refractivity contribution in [3.8, 4) is 11.5 Å². The maximum atomic E-state index is 13.2. The fourth-order valence-electron chi connectivity index (χ4n) is 3.67. The Morgan fingerprint density at radius 2 is 2.23 bits per heavy atom. The molecule has 0 unspecified atom stereocenters. The third kappa shape index (κ3) is 2.92. The number of rotatable bonds is 2. The molecule has 1 aromatic heterocycles. The highest BCUT2D eigenvalue weighted by atomic mass is 16.5. The Bertz CT molecular complexity index is 832. The van der Waals surface area contributed by atoms with Gasteiger partial charge < -0.3 is 19.1 Å². The minimum Gasteiger partial charge on any atom is -0.497 e. The fraction of sp³-hybridized carbons (Fsp3) is 0.474. The Balaban J connectivity index is 1.63. The lowest BCUT2D eigenvalue weighted by molar-refractivity contribution is -0.00702. The van der Waals surface area contributed by atoms with Gasteiger partial charge in [0.15, 0.2) is 5.69 Å². The highest BCUT2D eigenvalue weighted by molar-refractivity contribution is 5.94. The summed E-state index contributed by atoms with van der Waals surface area (Å²) in [6, 6.07) is 5.67. The van der Waals surface area contributed by atoms with E-state index in [1.807, 2.05) is 32.0 Å². The number of aromatic nitrogens is 2. The van der Waals surface area contributed by atoms with Gasteiger partial charge in [0.05, 0.1) is 31.6 Å². The van der Waals surface area contributed by atoms with Crippen LogP contribution in [0.2, 0.25) is 0 Å². The molecule has 1 aromatic carbocycles. The number of methoxy groups -OCH3 is 1.